The first kappa shape index (κ1) is 16.3. The average Bonchev–Trinajstić information content (AvgIpc) is 2.76. The fraction of sp³-hybridized carbons (Fsp3) is 0.667. The maximum atomic E-state index is 5.94. The lowest BCUT2D eigenvalue weighted by Gasteiger charge is -2.26. The largest absolute Gasteiger partial charge is 0.493 e. The molecule has 21 heavy (non-hydrogen) atoms. The number of hydrogen-bond donors (Lipinski definition) is 1. The molecule has 1 atom stereocenters. The van der Waals surface area contributed by atoms with Gasteiger partial charge in [-0.1, -0.05) is 12.1 Å². The highest BCUT2D eigenvalue weighted by Gasteiger charge is 2.16. The third-order valence-electron chi connectivity index (χ3n) is 4.42. The summed E-state index contributed by atoms with van der Waals surface area (Å²) in [6.07, 6.45) is 4.98. The van der Waals surface area contributed by atoms with E-state index in [1.54, 1.807) is 0 Å². The number of ether oxygens (including phenoxy) is 1. The van der Waals surface area contributed by atoms with E-state index in [4.69, 9.17) is 4.74 Å². The molecule has 1 heterocycles. The number of nitrogens with zero attached hydrogens (tertiary/aromatic N) is 1. The fourth-order valence-electron chi connectivity index (χ4n) is 2.98. The standard InChI is InChI=1S/C18H30N2O/c1-15-7-8-16(2)18(14-15)21-13-5-12-20(3)17-6-4-10-19-11-9-17/h7-8,14,17,19H,4-6,9-13H2,1-3H3. The maximum Gasteiger partial charge on any atom is 0.122 e. The molecular formula is C18H30N2O. The van der Waals surface area contributed by atoms with E-state index in [2.05, 4.69) is 49.3 Å². The zero-order valence-corrected chi connectivity index (χ0v) is 13.8. The quantitative estimate of drug-likeness (QED) is 0.815. The van der Waals surface area contributed by atoms with Crippen LogP contribution in [0.2, 0.25) is 0 Å². The number of hydrogen-bond acceptors (Lipinski definition) is 3. The summed E-state index contributed by atoms with van der Waals surface area (Å²) in [6, 6.07) is 7.14. The Morgan fingerprint density at radius 1 is 1.24 bits per heavy atom. The number of rotatable bonds is 6. The van der Waals surface area contributed by atoms with E-state index >= 15 is 0 Å². The van der Waals surface area contributed by atoms with Crippen LogP contribution < -0.4 is 10.1 Å². The summed E-state index contributed by atoms with van der Waals surface area (Å²) in [6.45, 7) is 8.49. The second-order valence-corrected chi connectivity index (χ2v) is 6.29. The molecule has 0 bridgehead atoms. The van der Waals surface area contributed by atoms with E-state index in [0.717, 1.165) is 37.9 Å². The molecule has 118 valence electrons. The Morgan fingerprint density at radius 3 is 2.95 bits per heavy atom. The van der Waals surface area contributed by atoms with Crippen LogP contribution in [-0.4, -0.2) is 44.2 Å². The van der Waals surface area contributed by atoms with E-state index in [9.17, 15) is 0 Å². The third kappa shape index (κ3) is 5.33. The van der Waals surface area contributed by atoms with E-state index in [1.165, 1.54) is 36.9 Å². The molecular weight excluding hydrogens is 260 g/mol. The van der Waals surface area contributed by atoms with E-state index in [1.807, 2.05) is 0 Å². The van der Waals surface area contributed by atoms with Gasteiger partial charge in [0.2, 0.25) is 0 Å². The van der Waals surface area contributed by atoms with Gasteiger partial charge in [0.15, 0.2) is 0 Å². The Hall–Kier alpha value is -1.06. The maximum absolute atomic E-state index is 5.94. The Balaban J connectivity index is 1.70. The molecule has 0 saturated carbocycles. The van der Waals surface area contributed by atoms with Crippen molar-refractivity contribution in [3.05, 3.63) is 29.3 Å². The van der Waals surface area contributed by atoms with E-state index in [-0.39, 0.29) is 0 Å². The lowest BCUT2D eigenvalue weighted by molar-refractivity contribution is 0.201. The van der Waals surface area contributed by atoms with Gasteiger partial charge >= 0.3 is 0 Å². The van der Waals surface area contributed by atoms with Crippen molar-refractivity contribution in [2.24, 2.45) is 0 Å². The molecule has 0 spiro atoms. The molecule has 0 radical (unpaired) electrons. The molecule has 2 rings (SSSR count). The molecule has 1 unspecified atom stereocenters. The summed E-state index contributed by atoms with van der Waals surface area (Å²) in [7, 11) is 2.26. The smallest absolute Gasteiger partial charge is 0.122 e. The van der Waals surface area contributed by atoms with Gasteiger partial charge in [-0.15, -0.1) is 0 Å². The van der Waals surface area contributed by atoms with Crippen molar-refractivity contribution in [2.45, 2.75) is 45.6 Å². The van der Waals surface area contributed by atoms with Gasteiger partial charge in [0, 0.05) is 12.6 Å². The van der Waals surface area contributed by atoms with Gasteiger partial charge in [0.1, 0.15) is 5.75 Å². The normalized spacial score (nSPS) is 19.5. The first-order valence-corrected chi connectivity index (χ1v) is 8.28. The molecule has 1 aromatic rings. The molecule has 0 aromatic heterocycles. The second kappa shape index (κ2) is 8.40. The van der Waals surface area contributed by atoms with Gasteiger partial charge in [-0.05, 0) is 76.9 Å². The molecule has 1 fully saturated rings. The predicted molar refractivity (Wildman–Crippen MR) is 89.2 cm³/mol. The van der Waals surface area contributed by atoms with Crippen LogP contribution in [0.15, 0.2) is 18.2 Å². The highest BCUT2D eigenvalue weighted by molar-refractivity contribution is 5.35. The van der Waals surface area contributed by atoms with Crippen LogP contribution in [0.4, 0.5) is 0 Å². The lowest BCUT2D eigenvalue weighted by atomic mass is 10.1. The van der Waals surface area contributed by atoms with Crippen LogP contribution in [0, 0.1) is 13.8 Å². The van der Waals surface area contributed by atoms with Crippen molar-refractivity contribution in [1.29, 1.82) is 0 Å². The third-order valence-corrected chi connectivity index (χ3v) is 4.42. The van der Waals surface area contributed by atoms with Crippen molar-refractivity contribution in [3.63, 3.8) is 0 Å². The van der Waals surface area contributed by atoms with Crippen molar-refractivity contribution >= 4 is 0 Å². The van der Waals surface area contributed by atoms with Crippen LogP contribution in [-0.2, 0) is 0 Å². The van der Waals surface area contributed by atoms with Gasteiger partial charge in [0.25, 0.3) is 0 Å². The minimum absolute atomic E-state index is 0.737. The van der Waals surface area contributed by atoms with Crippen LogP contribution in [0.1, 0.15) is 36.8 Å². The Kier molecular flexibility index (Phi) is 6.52. The number of aryl methyl sites for hydroxylation is 2. The molecule has 3 heteroatoms. The van der Waals surface area contributed by atoms with Gasteiger partial charge in [0.05, 0.1) is 6.61 Å². The van der Waals surface area contributed by atoms with E-state index in [0.29, 0.717) is 0 Å². The van der Waals surface area contributed by atoms with E-state index < -0.39 is 0 Å². The zero-order chi connectivity index (χ0) is 15.1. The van der Waals surface area contributed by atoms with Gasteiger partial charge in [-0.25, -0.2) is 0 Å². The lowest BCUT2D eigenvalue weighted by Crippen LogP contribution is -2.33. The summed E-state index contributed by atoms with van der Waals surface area (Å²) < 4.78 is 5.94. The summed E-state index contributed by atoms with van der Waals surface area (Å²) in [5, 5.41) is 3.48. The van der Waals surface area contributed by atoms with Gasteiger partial charge in [-0.3, -0.25) is 0 Å². The molecule has 1 saturated heterocycles. The topological polar surface area (TPSA) is 24.5 Å². The summed E-state index contributed by atoms with van der Waals surface area (Å²) in [5.74, 6) is 1.04. The molecule has 3 nitrogen and oxygen atoms in total. The first-order valence-electron chi connectivity index (χ1n) is 8.28. The Labute approximate surface area is 129 Å². The highest BCUT2D eigenvalue weighted by Crippen LogP contribution is 2.19. The molecule has 1 aliphatic heterocycles. The minimum Gasteiger partial charge on any atom is -0.493 e. The summed E-state index contributed by atoms with van der Waals surface area (Å²) in [5.41, 5.74) is 2.49. The van der Waals surface area contributed by atoms with Gasteiger partial charge < -0.3 is 15.0 Å². The molecule has 0 amide bonds. The molecule has 1 aromatic carbocycles. The first-order chi connectivity index (χ1) is 10.2. The second-order valence-electron chi connectivity index (χ2n) is 6.29. The summed E-state index contributed by atoms with van der Waals surface area (Å²) >= 11 is 0. The average molecular weight is 290 g/mol. The SMILES string of the molecule is Cc1ccc(C)c(OCCCN(C)C2CCCNCC2)c1. The Bertz CT molecular complexity index is 425. The summed E-state index contributed by atoms with van der Waals surface area (Å²) in [4.78, 5) is 2.51. The van der Waals surface area contributed by atoms with Crippen molar-refractivity contribution in [2.75, 3.05) is 33.3 Å². The van der Waals surface area contributed by atoms with Crippen molar-refractivity contribution in [1.82, 2.24) is 10.2 Å². The van der Waals surface area contributed by atoms with Crippen LogP contribution in [0.5, 0.6) is 5.75 Å². The van der Waals surface area contributed by atoms with Crippen LogP contribution in [0.3, 0.4) is 0 Å². The van der Waals surface area contributed by atoms with Crippen molar-refractivity contribution in [3.8, 4) is 5.75 Å². The highest BCUT2D eigenvalue weighted by atomic mass is 16.5. The Morgan fingerprint density at radius 2 is 2.10 bits per heavy atom. The minimum atomic E-state index is 0.737. The van der Waals surface area contributed by atoms with Crippen molar-refractivity contribution < 1.29 is 4.74 Å². The number of nitrogens with one attached hydrogen (secondary N) is 1. The zero-order valence-electron chi connectivity index (χ0n) is 13.8. The monoisotopic (exact) mass is 290 g/mol. The number of benzene rings is 1. The van der Waals surface area contributed by atoms with Crippen LogP contribution >= 0.6 is 0 Å². The molecule has 1 N–H and O–H groups in total. The predicted octanol–water partition coefficient (Wildman–Crippen LogP) is 3.15. The van der Waals surface area contributed by atoms with Crippen LogP contribution in [0.25, 0.3) is 0 Å². The fourth-order valence-corrected chi connectivity index (χ4v) is 2.98. The molecule has 1 aliphatic rings. The van der Waals surface area contributed by atoms with Gasteiger partial charge in [-0.2, -0.15) is 0 Å². The molecule has 0 aliphatic carbocycles.